The summed E-state index contributed by atoms with van der Waals surface area (Å²) in [7, 11) is 0. The van der Waals surface area contributed by atoms with Crippen molar-refractivity contribution >= 4 is 18.4 Å². The molecule has 0 saturated carbocycles. The molecule has 0 saturated heterocycles. The summed E-state index contributed by atoms with van der Waals surface area (Å²) in [6.45, 7) is 3.51. The summed E-state index contributed by atoms with van der Waals surface area (Å²) in [6.07, 6.45) is 0. The van der Waals surface area contributed by atoms with E-state index in [-0.39, 0.29) is 0 Å². The average Bonchev–Trinajstić information content (AvgIpc) is 1.38. The fourth-order valence-electron chi connectivity index (χ4n) is 0. The Balaban J connectivity index is 3.60. The fourth-order valence-corrected chi connectivity index (χ4v) is 0. The summed E-state index contributed by atoms with van der Waals surface area (Å²) < 4.78 is 2.94. The van der Waals surface area contributed by atoms with Gasteiger partial charge in [-0.25, -0.2) is 0 Å². The molecular weight excluding hydrogens is 121 g/mol. The molecule has 0 heterocycles. The average molecular weight is 129 g/mol. The van der Waals surface area contributed by atoms with Gasteiger partial charge in [-0.2, -0.15) is 0 Å². The molecular formula is C4H8Ge. The Morgan fingerprint density at radius 2 is 1.80 bits per heavy atom. The second kappa shape index (κ2) is 2.43. The van der Waals surface area contributed by atoms with Crippen LogP contribution < -0.4 is 0 Å². The molecule has 0 radical (unpaired) electrons. The van der Waals surface area contributed by atoms with E-state index in [1.54, 1.807) is 0 Å². The summed E-state index contributed by atoms with van der Waals surface area (Å²) >= 11 is -0.718. The van der Waals surface area contributed by atoms with Gasteiger partial charge in [-0.3, -0.25) is 0 Å². The minimum atomic E-state index is -0.718. The van der Waals surface area contributed by atoms with Gasteiger partial charge in [-0.1, -0.05) is 0 Å². The van der Waals surface area contributed by atoms with E-state index >= 15 is 0 Å². The van der Waals surface area contributed by atoms with Crippen LogP contribution in [0.3, 0.4) is 0 Å². The molecule has 0 fully saturated rings. The van der Waals surface area contributed by atoms with Gasteiger partial charge in [0.15, 0.2) is 0 Å². The van der Waals surface area contributed by atoms with Gasteiger partial charge in [0.2, 0.25) is 0 Å². The summed E-state index contributed by atoms with van der Waals surface area (Å²) in [5.41, 5.74) is 0. The van der Waals surface area contributed by atoms with Crippen LogP contribution in [0.5, 0.6) is 0 Å². The molecule has 0 aliphatic heterocycles. The molecule has 0 N–H and O–H groups in total. The summed E-state index contributed by atoms with van der Waals surface area (Å²) in [6, 6.07) is 0. The molecule has 0 nitrogen and oxygen atoms in total. The summed E-state index contributed by atoms with van der Waals surface area (Å²) in [4.78, 5) is 0. The van der Waals surface area contributed by atoms with E-state index in [4.69, 9.17) is 0 Å². The monoisotopic (exact) mass is 130 g/mol. The second-order valence-corrected chi connectivity index (χ2v) is 6.11. The zero-order valence-electron chi connectivity index (χ0n) is 3.71. The standard InChI is InChI=1S/C4H8Ge/c1-4-5(2)3/h1H2,2-3H3. The molecule has 28 valence electrons. The molecule has 0 aliphatic rings. The van der Waals surface area contributed by atoms with Crippen molar-refractivity contribution in [2.75, 3.05) is 0 Å². The molecule has 0 spiro atoms. The van der Waals surface area contributed by atoms with E-state index < -0.39 is 13.9 Å². The van der Waals surface area contributed by atoms with E-state index in [0.29, 0.717) is 0 Å². The van der Waals surface area contributed by atoms with Crippen LogP contribution in [0.1, 0.15) is 0 Å². The van der Waals surface area contributed by atoms with Crippen molar-refractivity contribution in [2.24, 2.45) is 0 Å². The van der Waals surface area contributed by atoms with Crippen molar-refractivity contribution in [1.29, 1.82) is 0 Å². The molecule has 0 aromatic carbocycles. The third-order valence-electron chi connectivity index (χ3n) is 0.354. The van der Waals surface area contributed by atoms with Gasteiger partial charge in [0, 0.05) is 0 Å². The topological polar surface area (TPSA) is 0 Å². The fraction of sp³-hybridized carbons (Fsp3) is 0.500. The van der Waals surface area contributed by atoms with Gasteiger partial charge >= 0.3 is 36.5 Å². The molecule has 0 bridgehead atoms. The van der Waals surface area contributed by atoms with Gasteiger partial charge in [0.1, 0.15) is 0 Å². The van der Waals surface area contributed by atoms with Crippen LogP contribution in [0.4, 0.5) is 0 Å². The van der Waals surface area contributed by atoms with Crippen LogP contribution in [-0.4, -0.2) is 18.4 Å². The van der Waals surface area contributed by atoms with Crippen LogP contribution in [0, 0.1) is 0 Å². The Hall–Kier alpha value is 0.193. The van der Waals surface area contributed by atoms with Crippen LogP contribution in [-0.2, 0) is 0 Å². The van der Waals surface area contributed by atoms with Gasteiger partial charge in [0.05, 0.1) is 0 Å². The number of hydrogen-bond acceptors (Lipinski definition) is 0. The van der Waals surface area contributed by atoms with E-state index in [1.165, 1.54) is 0 Å². The predicted octanol–water partition coefficient (Wildman–Crippen LogP) is 0.910. The zero-order valence-corrected chi connectivity index (χ0v) is 5.81. The van der Waals surface area contributed by atoms with Crippen LogP contribution >= 0.6 is 0 Å². The van der Waals surface area contributed by atoms with E-state index in [9.17, 15) is 0 Å². The first-order valence-electron chi connectivity index (χ1n) is 1.60. The molecule has 0 unspecified atom stereocenters. The van der Waals surface area contributed by atoms with Crippen molar-refractivity contribution in [3.63, 3.8) is 0 Å². The molecule has 0 aromatic rings. The van der Waals surface area contributed by atoms with Crippen molar-refractivity contribution in [3.8, 4) is 0 Å². The molecule has 0 rings (SSSR count). The molecule has 1 heteroatoms. The van der Waals surface area contributed by atoms with Crippen molar-refractivity contribution in [3.05, 3.63) is 6.58 Å². The Morgan fingerprint density at radius 1 is 1.60 bits per heavy atom. The van der Waals surface area contributed by atoms with Crippen molar-refractivity contribution in [2.45, 2.75) is 11.5 Å². The molecule has 0 aliphatic carbocycles. The van der Waals surface area contributed by atoms with Crippen molar-refractivity contribution in [1.82, 2.24) is 0 Å². The first-order chi connectivity index (χ1) is 2.27. The zero-order chi connectivity index (χ0) is 4.28. The Bertz CT molecular complexity index is 63.7. The Kier molecular flexibility index (Phi) is 2.53. The third kappa shape index (κ3) is 4.19. The predicted molar refractivity (Wildman–Crippen MR) is 28.1 cm³/mol. The maximum absolute atomic E-state index is 3.51. The van der Waals surface area contributed by atoms with Crippen LogP contribution in [0.15, 0.2) is 6.58 Å². The SMILES string of the molecule is C=[C]=[Ge]([CH3])[CH3]. The normalized spacial score (nSPS) is 6.00. The minimum absolute atomic E-state index is 0.718. The Morgan fingerprint density at radius 3 is 1.80 bits per heavy atom. The number of rotatable bonds is 0. The van der Waals surface area contributed by atoms with E-state index in [1.807, 2.05) is 0 Å². The first-order valence-corrected chi connectivity index (χ1v) is 6.85. The van der Waals surface area contributed by atoms with Crippen LogP contribution in [0.2, 0.25) is 11.5 Å². The second-order valence-electron chi connectivity index (χ2n) is 1.18. The van der Waals surface area contributed by atoms with Gasteiger partial charge in [-0.15, -0.1) is 0 Å². The van der Waals surface area contributed by atoms with Gasteiger partial charge < -0.3 is 0 Å². The van der Waals surface area contributed by atoms with Crippen molar-refractivity contribution < 1.29 is 0 Å². The molecule has 0 atom stereocenters. The molecule has 5 heavy (non-hydrogen) atoms. The molecule has 0 aromatic heterocycles. The summed E-state index contributed by atoms with van der Waals surface area (Å²) in [5.74, 6) is 4.43. The third-order valence-corrected chi connectivity index (χ3v) is 1.84. The number of hydrogen-bond donors (Lipinski definition) is 0. The quantitative estimate of drug-likeness (QED) is 0.426. The molecule has 0 amide bonds. The maximum atomic E-state index is 3.51. The Labute approximate surface area is 37.2 Å². The van der Waals surface area contributed by atoms with E-state index in [0.717, 1.165) is 0 Å². The van der Waals surface area contributed by atoms with Gasteiger partial charge in [0.25, 0.3) is 0 Å². The first kappa shape index (κ1) is 5.19. The summed E-state index contributed by atoms with van der Waals surface area (Å²) in [5, 5.41) is 0. The van der Waals surface area contributed by atoms with Gasteiger partial charge in [-0.05, 0) is 0 Å². The van der Waals surface area contributed by atoms with E-state index in [2.05, 4.69) is 22.6 Å². The van der Waals surface area contributed by atoms with Crippen LogP contribution in [0.25, 0.3) is 0 Å².